The molecule has 0 saturated heterocycles. The van der Waals surface area contributed by atoms with E-state index in [0.717, 1.165) is 5.75 Å². The van der Waals surface area contributed by atoms with E-state index in [1.807, 2.05) is 0 Å². The van der Waals surface area contributed by atoms with Crippen molar-refractivity contribution in [3.05, 3.63) is 70.8 Å². The number of hydrogen-bond donors (Lipinski definition) is 0. The minimum absolute atomic E-state index is 0.0773. The van der Waals surface area contributed by atoms with Gasteiger partial charge in [-0.2, -0.15) is 0 Å². The third-order valence-corrected chi connectivity index (χ3v) is 5.97. The molecule has 3 aromatic carbocycles. The second-order valence-electron chi connectivity index (χ2n) is 8.75. The number of ether oxygens (including phenoxy) is 1. The first-order valence-corrected chi connectivity index (χ1v) is 9.38. The molecule has 1 aliphatic heterocycles. The van der Waals surface area contributed by atoms with Gasteiger partial charge in [0.25, 0.3) is 0 Å². The Morgan fingerprint density at radius 3 is 2.38 bits per heavy atom. The standard InChI is InChI=1S/C25H24O/c1-15-10-11-19-20(14-15)25(4,5)22-21(19)17-9-7-6-8-16(17)18-12-13-24(2,3)26-23(18)22/h6-14H,1-5H3. The molecule has 1 nitrogen and oxygen atoms in total. The Hall–Kier alpha value is -2.54. The molecule has 0 atom stereocenters. The molecule has 3 aromatic rings. The van der Waals surface area contributed by atoms with Crippen LogP contribution in [0.3, 0.4) is 0 Å². The normalized spacial score (nSPS) is 18.2. The van der Waals surface area contributed by atoms with E-state index in [1.165, 1.54) is 44.2 Å². The van der Waals surface area contributed by atoms with Gasteiger partial charge < -0.3 is 4.74 Å². The highest BCUT2D eigenvalue weighted by atomic mass is 16.5. The van der Waals surface area contributed by atoms with Gasteiger partial charge in [-0.25, -0.2) is 0 Å². The molecule has 0 bridgehead atoms. The first kappa shape index (κ1) is 15.7. The van der Waals surface area contributed by atoms with Crippen LogP contribution in [0.1, 0.15) is 49.9 Å². The summed E-state index contributed by atoms with van der Waals surface area (Å²) in [7, 11) is 0. The lowest BCUT2D eigenvalue weighted by atomic mass is 9.79. The lowest BCUT2D eigenvalue weighted by Gasteiger charge is -2.34. The van der Waals surface area contributed by atoms with E-state index < -0.39 is 0 Å². The van der Waals surface area contributed by atoms with E-state index in [0.29, 0.717) is 0 Å². The van der Waals surface area contributed by atoms with Crippen molar-refractivity contribution in [1.82, 2.24) is 0 Å². The number of benzene rings is 3. The smallest absolute Gasteiger partial charge is 0.133 e. The fourth-order valence-electron chi connectivity index (χ4n) is 4.70. The quantitative estimate of drug-likeness (QED) is 0.446. The molecule has 0 saturated carbocycles. The summed E-state index contributed by atoms with van der Waals surface area (Å²) in [5.74, 6) is 1.06. The average Bonchev–Trinajstić information content (AvgIpc) is 2.82. The predicted octanol–water partition coefficient (Wildman–Crippen LogP) is 6.64. The first-order chi connectivity index (χ1) is 12.3. The van der Waals surface area contributed by atoms with Crippen molar-refractivity contribution in [3.8, 4) is 16.9 Å². The van der Waals surface area contributed by atoms with E-state index in [1.54, 1.807) is 0 Å². The molecule has 0 N–H and O–H groups in total. The zero-order valence-corrected chi connectivity index (χ0v) is 16.1. The molecule has 130 valence electrons. The van der Waals surface area contributed by atoms with Crippen molar-refractivity contribution >= 4 is 16.8 Å². The van der Waals surface area contributed by atoms with Gasteiger partial charge in [0.2, 0.25) is 0 Å². The number of fused-ring (bicyclic) bond motifs is 8. The van der Waals surface area contributed by atoms with Crippen LogP contribution >= 0.6 is 0 Å². The van der Waals surface area contributed by atoms with Gasteiger partial charge in [0.05, 0.1) is 0 Å². The topological polar surface area (TPSA) is 9.23 Å². The summed E-state index contributed by atoms with van der Waals surface area (Å²) in [5, 5.41) is 2.60. The maximum absolute atomic E-state index is 6.58. The molecule has 0 amide bonds. The lowest BCUT2D eigenvalue weighted by molar-refractivity contribution is 0.156. The summed E-state index contributed by atoms with van der Waals surface area (Å²) in [6, 6.07) is 15.6. The van der Waals surface area contributed by atoms with Gasteiger partial charge in [-0.05, 0) is 54.3 Å². The Kier molecular flexibility index (Phi) is 2.89. The zero-order valence-electron chi connectivity index (χ0n) is 16.1. The average molecular weight is 340 g/mol. The van der Waals surface area contributed by atoms with Gasteiger partial charge in [0.1, 0.15) is 11.4 Å². The summed E-state index contributed by atoms with van der Waals surface area (Å²) in [4.78, 5) is 0. The second-order valence-corrected chi connectivity index (χ2v) is 8.75. The van der Waals surface area contributed by atoms with Crippen molar-refractivity contribution in [2.24, 2.45) is 0 Å². The Morgan fingerprint density at radius 1 is 0.885 bits per heavy atom. The highest BCUT2D eigenvalue weighted by molar-refractivity contribution is 6.08. The van der Waals surface area contributed by atoms with Crippen LogP contribution in [-0.4, -0.2) is 5.60 Å². The minimum Gasteiger partial charge on any atom is -0.483 e. The summed E-state index contributed by atoms with van der Waals surface area (Å²) < 4.78 is 6.58. The van der Waals surface area contributed by atoms with Gasteiger partial charge in [0.15, 0.2) is 0 Å². The molecule has 0 aromatic heterocycles. The summed E-state index contributed by atoms with van der Waals surface area (Å²) >= 11 is 0. The highest BCUT2D eigenvalue weighted by Crippen LogP contribution is 2.57. The molecular formula is C25H24O. The lowest BCUT2D eigenvalue weighted by Crippen LogP contribution is -2.30. The molecule has 0 fully saturated rings. The van der Waals surface area contributed by atoms with Crippen molar-refractivity contribution in [3.63, 3.8) is 0 Å². The van der Waals surface area contributed by atoms with Crippen LogP contribution in [0.4, 0.5) is 0 Å². The second kappa shape index (κ2) is 4.79. The summed E-state index contributed by atoms with van der Waals surface area (Å²) in [6.07, 6.45) is 4.43. The van der Waals surface area contributed by atoms with E-state index in [2.05, 4.69) is 89.2 Å². The third kappa shape index (κ3) is 1.92. The molecule has 0 radical (unpaired) electrons. The van der Waals surface area contributed by atoms with Crippen LogP contribution < -0.4 is 4.74 Å². The van der Waals surface area contributed by atoms with Gasteiger partial charge in [-0.3, -0.25) is 0 Å². The Morgan fingerprint density at radius 2 is 1.62 bits per heavy atom. The number of aryl methyl sites for hydroxylation is 1. The summed E-state index contributed by atoms with van der Waals surface area (Å²) in [6.45, 7) is 11.1. The molecule has 1 heterocycles. The highest BCUT2D eigenvalue weighted by Gasteiger charge is 2.42. The first-order valence-electron chi connectivity index (χ1n) is 9.38. The molecule has 0 spiro atoms. The van der Waals surface area contributed by atoms with Crippen LogP contribution in [0.25, 0.3) is 28.0 Å². The summed E-state index contributed by atoms with van der Waals surface area (Å²) in [5.41, 5.74) is 7.61. The van der Waals surface area contributed by atoms with Crippen molar-refractivity contribution < 1.29 is 4.74 Å². The van der Waals surface area contributed by atoms with Gasteiger partial charge in [-0.1, -0.05) is 68.0 Å². The van der Waals surface area contributed by atoms with Gasteiger partial charge in [0, 0.05) is 16.5 Å². The molecule has 2 aliphatic rings. The Bertz CT molecular complexity index is 1110. The van der Waals surface area contributed by atoms with Crippen LogP contribution in [0.15, 0.2) is 48.5 Å². The van der Waals surface area contributed by atoms with E-state index in [-0.39, 0.29) is 11.0 Å². The van der Waals surface area contributed by atoms with Crippen LogP contribution in [0, 0.1) is 6.92 Å². The van der Waals surface area contributed by atoms with Gasteiger partial charge >= 0.3 is 0 Å². The van der Waals surface area contributed by atoms with Crippen molar-refractivity contribution in [1.29, 1.82) is 0 Å². The third-order valence-electron chi connectivity index (χ3n) is 5.97. The van der Waals surface area contributed by atoms with Crippen molar-refractivity contribution in [2.45, 2.75) is 45.6 Å². The van der Waals surface area contributed by atoms with Crippen LogP contribution in [0.5, 0.6) is 5.75 Å². The Balaban J connectivity index is 2.00. The molecule has 0 unspecified atom stereocenters. The van der Waals surface area contributed by atoms with E-state index >= 15 is 0 Å². The molecular weight excluding hydrogens is 316 g/mol. The fraction of sp³-hybridized carbons (Fsp3) is 0.280. The maximum atomic E-state index is 6.58. The SMILES string of the molecule is Cc1ccc2c(c1)C(C)(C)c1c3c(c4ccccc4c1-2)C=CC(C)(C)O3. The van der Waals surface area contributed by atoms with E-state index in [4.69, 9.17) is 4.74 Å². The van der Waals surface area contributed by atoms with Gasteiger partial charge in [-0.15, -0.1) is 0 Å². The molecule has 1 aliphatic carbocycles. The fourth-order valence-corrected chi connectivity index (χ4v) is 4.70. The van der Waals surface area contributed by atoms with E-state index in [9.17, 15) is 0 Å². The van der Waals surface area contributed by atoms with Crippen LogP contribution in [-0.2, 0) is 5.41 Å². The molecule has 5 rings (SSSR count). The predicted molar refractivity (Wildman–Crippen MR) is 110 cm³/mol. The maximum Gasteiger partial charge on any atom is 0.133 e. The Labute approximate surface area is 155 Å². The van der Waals surface area contributed by atoms with Crippen molar-refractivity contribution in [2.75, 3.05) is 0 Å². The number of rotatable bonds is 0. The monoisotopic (exact) mass is 340 g/mol. The number of hydrogen-bond acceptors (Lipinski definition) is 1. The largest absolute Gasteiger partial charge is 0.483 e. The minimum atomic E-state index is -0.288. The molecule has 1 heteroatoms. The van der Waals surface area contributed by atoms with Crippen LogP contribution in [0.2, 0.25) is 0 Å². The molecule has 26 heavy (non-hydrogen) atoms. The zero-order chi connectivity index (χ0) is 18.3.